The second kappa shape index (κ2) is 12.9. The Labute approximate surface area is 215 Å². The highest BCUT2D eigenvalue weighted by Gasteiger charge is 2.24. The molecule has 0 aliphatic carbocycles. The van der Waals surface area contributed by atoms with Crippen LogP contribution in [0.25, 0.3) is 0 Å². The van der Waals surface area contributed by atoms with Gasteiger partial charge in [-0.1, -0.05) is 23.7 Å². The molecule has 0 bridgehead atoms. The number of nitrogens with two attached hydrogens (primary N) is 2. The van der Waals surface area contributed by atoms with E-state index in [9.17, 15) is 9.59 Å². The minimum Gasteiger partial charge on any atom is -0.484 e. The highest BCUT2D eigenvalue weighted by atomic mass is 35.5. The third kappa shape index (κ3) is 7.69. The Morgan fingerprint density at radius 2 is 2.03 bits per heavy atom. The topological polar surface area (TPSA) is 163 Å². The summed E-state index contributed by atoms with van der Waals surface area (Å²) in [5.41, 5.74) is 12.5. The van der Waals surface area contributed by atoms with Crippen LogP contribution in [0.15, 0.2) is 24.3 Å². The van der Waals surface area contributed by atoms with Gasteiger partial charge in [0.25, 0.3) is 11.8 Å². The molecule has 5 N–H and O–H groups in total. The maximum Gasteiger partial charge on any atom is 0.274 e. The van der Waals surface area contributed by atoms with Crippen LogP contribution >= 0.6 is 11.6 Å². The van der Waals surface area contributed by atoms with Gasteiger partial charge in [0, 0.05) is 19.6 Å². The number of nitrogen functional groups attached to an aromatic ring is 2. The molecule has 12 heteroatoms. The van der Waals surface area contributed by atoms with Gasteiger partial charge >= 0.3 is 0 Å². The molecule has 3 rings (SSSR count). The van der Waals surface area contributed by atoms with Crippen molar-refractivity contribution in [3.05, 3.63) is 40.7 Å². The number of rotatable bonds is 10. The second-order valence-electron chi connectivity index (χ2n) is 8.69. The summed E-state index contributed by atoms with van der Waals surface area (Å²) in [4.78, 5) is 36.0. The third-order valence-corrected chi connectivity index (χ3v) is 6.20. The Morgan fingerprint density at radius 1 is 1.28 bits per heavy atom. The van der Waals surface area contributed by atoms with E-state index in [1.165, 1.54) is 10.5 Å². The molecule has 2 aromatic rings. The van der Waals surface area contributed by atoms with Crippen LogP contribution in [0, 0.1) is 11.3 Å². The fourth-order valence-electron chi connectivity index (χ4n) is 3.95. The highest BCUT2D eigenvalue weighted by molar-refractivity contribution is 6.31. The van der Waals surface area contributed by atoms with E-state index in [1.54, 1.807) is 7.05 Å². The van der Waals surface area contributed by atoms with Crippen molar-refractivity contribution in [2.45, 2.75) is 31.7 Å². The van der Waals surface area contributed by atoms with Crippen molar-refractivity contribution in [3.8, 4) is 11.8 Å². The van der Waals surface area contributed by atoms with Crippen molar-refractivity contribution >= 4 is 35.1 Å². The number of halogens is 1. The first-order chi connectivity index (χ1) is 17.3. The van der Waals surface area contributed by atoms with E-state index in [2.05, 4.69) is 20.2 Å². The first kappa shape index (κ1) is 27.0. The smallest absolute Gasteiger partial charge is 0.274 e. The maximum atomic E-state index is 12.6. The highest BCUT2D eigenvalue weighted by Crippen LogP contribution is 2.19. The number of hydrogen-bond acceptors (Lipinski definition) is 9. The molecule has 2 amide bonds. The molecule has 11 nitrogen and oxygen atoms in total. The van der Waals surface area contributed by atoms with Crippen LogP contribution in [-0.4, -0.2) is 77.5 Å². The maximum absolute atomic E-state index is 12.6. The SMILES string of the molecule is CN(CC#N)C(=O)COc1ccc(CCCN2CCCC(NC(=O)c3nc(Cl)c(N)nc3N)C2)cc1. The monoisotopic (exact) mass is 514 g/mol. The lowest BCUT2D eigenvalue weighted by Crippen LogP contribution is -2.48. The standard InChI is InChI=1S/C24H31ClN8O3/c1-32(13-10-26)19(34)15-36-18-8-6-16(7-9-18)4-2-11-33-12-3-5-17(14-33)29-24(35)20-22(27)31-23(28)21(25)30-20/h6-9,17H,2-5,11-15H2,1H3,(H,29,35)(H4,27,28,31). The molecule has 192 valence electrons. The Hall–Kier alpha value is -3.62. The second-order valence-corrected chi connectivity index (χ2v) is 9.05. The Bertz CT molecular complexity index is 1110. The van der Waals surface area contributed by atoms with Crippen LogP contribution in [-0.2, 0) is 11.2 Å². The number of aromatic nitrogens is 2. The van der Waals surface area contributed by atoms with E-state index in [1.807, 2.05) is 30.3 Å². The van der Waals surface area contributed by atoms with Crippen molar-refractivity contribution < 1.29 is 14.3 Å². The van der Waals surface area contributed by atoms with Crippen molar-refractivity contribution in [1.82, 2.24) is 25.1 Å². The first-order valence-electron chi connectivity index (χ1n) is 11.7. The molecule has 1 aromatic heterocycles. The number of likely N-dealkylation sites (tertiary alicyclic amines) is 1. The largest absolute Gasteiger partial charge is 0.484 e. The van der Waals surface area contributed by atoms with Gasteiger partial charge in [0.2, 0.25) is 0 Å². The molecule has 0 spiro atoms. The van der Waals surface area contributed by atoms with Crippen LogP contribution < -0.4 is 21.5 Å². The molecule has 1 unspecified atom stereocenters. The van der Waals surface area contributed by atoms with Gasteiger partial charge in [0.05, 0.1) is 6.07 Å². The lowest BCUT2D eigenvalue weighted by atomic mass is 10.0. The number of aryl methyl sites for hydroxylation is 1. The molecule has 1 aliphatic rings. The summed E-state index contributed by atoms with van der Waals surface area (Å²) in [6.07, 6.45) is 3.70. The first-order valence-corrected chi connectivity index (χ1v) is 12.1. The fraction of sp³-hybridized carbons (Fsp3) is 0.458. The minimum atomic E-state index is -0.408. The van der Waals surface area contributed by atoms with Crippen LogP contribution in [0.2, 0.25) is 5.15 Å². The van der Waals surface area contributed by atoms with Gasteiger partial charge in [-0.3, -0.25) is 9.59 Å². The number of nitrogens with zero attached hydrogens (tertiary/aromatic N) is 5. The minimum absolute atomic E-state index is 0.00771. The van der Waals surface area contributed by atoms with Crippen molar-refractivity contribution in [3.63, 3.8) is 0 Å². The van der Waals surface area contributed by atoms with Crippen LogP contribution in [0.1, 0.15) is 35.3 Å². The van der Waals surface area contributed by atoms with Gasteiger partial charge in [-0.25, -0.2) is 9.97 Å². The van der Waals surface area contributed by atoms with Crippen molar-refractivity contribution in [2.75, 3.05) is 51.3 Å². The fourth-order valence-corrected chi connectivity index (χ4v) is 4.07. The van der Waals surface area contributed by atoms with E-state index in [4.69, 9.17) is 33.1 Å². The van der Waals surface area contributed by atoms with E-state index in [-0.39, 0.29) is 47.6 Å². The lowest BCUT2D eigenvalue weighted by molar-refractivity contribution is -0.131. The van der Waals surface area contributed by atoms with Gasteiger partial charge < -0.3 is 31.3 Å². The van der Waals surface area contributed by atoms with Crippen molar-refractivity contribution in [2.24, 2.45) is 0 Å². The number of hydrogen-bond donors (Lipinski definition) is 3. The number of piperidine rings is 1. The summed E-state index contributed by atoms with van der Waals surface area (Å²) in [7, 11) is 1.57. The zero-order valence-electron chi connectivity index (χ0n) is 20.2. The number of carbonyl (C=O) groups excluding carboxylic acids is 2. The van der Waals surface area contributed by atoms with Gasteiger partial charge in [-0.2, -0.15) is 5.26 Å². The molecule has 1 atom stereocenters. The van der Waals surface area contributed by atoms with Crippen LogP contribution in [0.4, 0.5) is 11.6 Å². The molecule has 1 aromatic carbocycles. The zero-order valence-corrected chi connectivity index (χ0v) is 21.0. The van der Waals surface area contributed by atoms with Gasteiger partial charge in [-0.15, -0.1) is 0 Å². The normalized spacial score (nSPS) is 15.6. The van der Waals surface area contributed by atoms with Crippen LogP contribution in [0.3, 0.4) is 0 Å². The third-order valence-electron chi connectivity index (χ3n) is 5.92. The number of anilines is 2. The number of amides is 2. The molecule has 1 fully saturated rings. The molecule has 1 aliphatic heterocycles. The molecule has 0 saturated carbocycles. The molecule has 0 radical (unpaired) electrons. The van der Waals surface area contributed by atoms with E-state index < -0.39 is 5.91 Å². The number of likely N-dealkylation sites (N-methyl/N-ethyl adjacent to an activating group) is 1. The Kier molecular flexibility index (Phi) is 9.67. The molecule has 36 heavy (non-hydrogen) atoms. The molecular weight excluding hydrogens is 484 g/mol. The predicted octanol–water partition coefficient (Wildman–Crippen LogP) is 1.48. The van der Waals surface area contributed by atoms with Gasteiger partial charge in [-0.05, 0) is 56.5 Å². The van der Waals surface area contributed by atoms with Gasteiger partial charge in [0.1, 0.15) is 12.3 Å². The number of nitriles is 1. The average molecular weight is 515 g/mol. The Morgan fingerprint density at radius 3 is 2.75 bits per heavy atom. The molecule has 1 saturated heterocycles. The number of nitrogens with one attached hydrogen (secondary N) is 1. The van der Waals surface area contributed by atoms with E-state index >= 15 is 0 Å². The summed E-state index contributed by atoms with van der Waals surface area (Å²) in [5, 5.41) is 11.6. The Balaban J connectivity index is 1.41. The van der Waals surface area contributed by atoms with E-state index in [0.717, 1.165) is 45.3 Å². The lowest BCUT2D eigenvalue weighted by Gasteiger charge is -2.33. The number of ether oxygens (including phenoxy) is 1. The van der Waals surface area contributed by atoms with Crippen molar-refractivity contribution in [1.29, 1.82) is 5.26 Å². The summed E-state index contributed by atoms with van der Waals surface area (Å²) >= 11 is 5.89. The average Bonchev–Trinajstić information content (AvgIpc) is 2.86. The van der Waals surface area contributed by atoms with Crippen LogP contribution in [0.5, 0.6) is 5.75 Å². The quantitative estimate of drug-likeness (QED) is 0.398. The van der Waals surface area contributed by atoms with Gasteiger partial charge in [0.15, 0.2) is 29.1 Å². The molecular formula is C24H31ClN8O3. The summed E-state index contributed by atoms with van der Waals surface area (Å²) in [6, 6.07) is 9.58. The molecule has 2 heterocycles. The predicted molar refractivity (Wildman–Crippen MR) is 136 cm³/mol. The zero-order chi connectivity index (χ0) is 26.1. The number of carbonyl (C=O) groups is 2. The summed E-state index contributed by atoms with van der Waals surface area (Å²) < 4.78 is 5.51. The summed E-state index contributed by atoms with van der Waals surface area (Å²) in [6.45, 7) is 2.55. The van der Waals surface area contributed by atoms with E-state index in [0.29, 0.717) is 5.75 Å². The summed E-state index contributed by atoms with van der Waals surface area (Å²) in [5.74, 6) is -0.0948. The number of benzene rings is 1.